The van der Waals surface area contributed by atoms with Crippen LogP contribution in [0.2, 0.25) is 5.02 Å². The Hall–Kier alpha value is -3.10. The molecule has 29 heavy (non-hydrogen) atoms. The molecule has 2 aromatic heterocycles. The van der Waals surface area contributed by atoms with Gasteiger partial charge in [0.1, 0.15) is 16.9 Å². The van der Waals surface area contributed by atoms with E-state index in [1.54, 1.807) is 30.3 Å². The number of hydrogen-bond acceptors (Lipinski definition) is 5. The first kappa shape index (κ1) is 19.2. The lowest BCUT2D eigenvalue weighted by atomic mass is 10.1. The number of rotatable bonds is 5. The third-order valence-electron chi connectivity index (χ3n) is 4.09. The Labute approximate surface area is 172 Å². The summed E-state index contributed by atoms with van der Waals surface area (Å²) >= 11 is 7.29. The molecule has 0 aliphatic rings. The van der Waals surface area contributed by atoms with Gasteiger partial charge in [0.25, 0.3) is 5.56 Å². The highest BCUT2D eigenvalue weighted by atomic mass is 35.5. The summed E-state index contributed by atoms with van der Waals surface area (Å²) in [7, 11) is 0. The molecule has 146 valence electrons. The number of ether oxygens (including phenoxy) is 1. The van der Waals surface area contributed by atoms with Gasteiger partial charge in [-0.1, -0.05) is 35.9 Å². The highest BCUT2D eigenvalue weighted by Gasteiger charge is 2.13. The topological polar surface area (TPSA) is 56.5 Å². The zero-order valence-corrected chi connectivity index (χ0v) is 16.2. The van der Waals surface area contributed by atoms with Crippen molar-refractivity contribution in [2.45, 2.75) is 6.61 Å². The van der Waals surface area contributed by atoms with Gasteiger partial charge in [0, 0.05) is 21.5 Å². The molecule has 0 N–H and O–H groups in total. The van der Waals surface area contributed by atoms with Crippen LogP contribution in [-0.4, -0.2) is 22.5 Å². The summed E-state index contributed by atoms with van der Waals surface area (Å²) in [5.74, 6) is -0.0364. The van der Waals surface area contributed by atoms with Crippen molar-refractivity contribution in [3.05, 3.63) is 81.2 Å². The van der Waals surface area contributed by atoms with Crippen molar-refractivity contribution in [1.29, 1.82) is 0 Å². The molecule has 0 saturated heterocycles. The summed E-state index contributed by atoms with van der Waals surface area (Å²) in [6.07, 6.45) is 2.57. The maximum atomic E-state index is 13.0. The first-order valence-corrected chi connectivity index (χ1v) is 9.61. The van der Waals surface area contributed by atoms with Crippen LogP contribution in [0.15, 0.2) is 70.1 Å². The number of nitrogens with zero attached hydrogens (tertiary/aromatic N) is 3. The molecule has 0 saturated carbocycles. The second-order valence-corrected chi connectivity index (χ2v) is 7.19. The van der Waals surface area contributed by atoms with Gasteiger partial charge in [0.05, 0.1) is 11.6 Å². The Morgan fingerprint density at radius 3 is 2.69 bits per heavy atom. The van der Waals surface area contributed by atoms with Crippen molar-refractivity contribution < 1.29 is 13.5 Å². The van der Waals surface area contributed by atoms with Crippen LogP contribution in [-0.2, 0) is 0 Å². The Balaban J connectivity index is 1.76. The fraction of sp³-hybridized carbons (Fsp3) is 0.0500. The minimum Gasteiger partial charge on any atom is -0.434 e. The Kier molecular flexibility index (Phi) is 5.37. The Morgan fingerprint density at radius 1 is 1.17 bits per heavy atom. The van der Waals surface area contributed by atoms with Crippen LogP contribution in [0.5, 0.6) is 5.75 Å². The van der Waals surface area contributed by atoms with E-state index >= 15 is 0 Å². The maximum Gasteiger partial charge on any atom is 0.387 e. The zero-order chi connectivity index (χ0) is 20.4. The van der Waals surface area contributed by atoms with E-state index in [1.807, 2.05) is 17.5 Å². The van der Waals surface area contributed by atoms with Gasteiger partial charge < -0.3 is 4.74 Å². The average Bonchev–Trinajstić information content (AvgIpc) is 3.14. The standard InChI is InChI=1S/C20H12ClF2N3O2S/c21-14-7-5-12(6-8-14)15-10-29-18-17(15)19(27)26(11-24-18)25-9-13-3-1-2-4-16(13)28-20(22)23/h1-11,20H. The first-order valence-electron chi connectivity index (χ1n) is 8.36. The summed E-state index contributed by atoms with van der Waals surface area (Å²) in [6, 6.07) is 13.3. The Morgan fingerprint density at radius 2 is 1.93 bits per heavy atom. The smallest absolute Gasteiger partial charge is 0.387 e. The third-order valence-corrected chi connectivity index (χ3v) is 5.23. The molecule has 0 aliphatic heterocycles. The van der Waals surface area contributed by atoms with Gasteiger partial charge in [-0.15, -0.1) is 11.3 Å². The lowest BCUT2D eigenvalue weighted by Gasteiger charge is -2.07. The van der Waals surface area contributed by atoms with Crippen LogP contribution >= 0.6 is 22.9 Å². The van der Waals surface area contributed by atoms with E-state index in [0.717, 1.165) is 15.8 Å². The second kappa shape index (κ2) is 8.10. The molecule has 9 heteroatoms. The van der Waals surface area contributed by atoms with Crippen LogP contribution < -0.4 is 10.3 Å². The van der Waals surface area contributed by atoms with Gasteiger partial charge >= 0.3 is 6.61 Å². The molecule has 0 fully saturated rings. The van der Waals surface area contributed by atoms with E-state index in [2.05, 4.69) is 14.8 Å². The van der Waals surface area contributed by atoms with Crippen LogP contribution in [0, 0.1) is 0 Å². The molecule has 0 aliphatic carbocycles. The largest absolute Gasteiger partial charge is 0.434 e. The monoisotopic (exact) mass is 431 g/mol. The molecular formula is C20H12ClF2N3O2S. The fourth-order valence-electron chi connectivity index (χ4n) is 2.76. The van der Waals surface area contributed by atoms with Crippen LogP contribution in [0.3, 0.4) is 0 Å². The molecule has 0 amide bonds. The van der Waals surface area contributed by atoms with E-state index < -0.39 is 6.61 Å². The van der Waals surface area contributed by atoms with E-state index in [0.29, 0.717) is 20.8 Å². The van der Waals surface area contributed by atoms with E-state index in [-0.39, 0.29) is 11.3 Å². The average molecular weight is 432 g/mol. The van der Waals surface area contributed by atoms with Crippen molar-refractivity contribution in [1.82, 2.24) is 9.66 Å². The van der Waals surface area contributed by atoms with Gasteiger partial charge in [0.2, 0.25) is 0 Å². The van der Waals surface area contributed by atoms with E-state index in [1.165, 1.54) is 29.9 Å². The summed E-state index contributed by atoms with van der Waals surface area (Å²) in [6.45, 7) is -2.96. The predicted molar refractivity (Wildman–Crippen MR) is 110 cm³/mol. The lowest BCUT2D eigenvalue weighted by molar-refractivity contribution is -0.0499. The number of thiophene rings is 1. The summed E-state index contributed by atoms with van der Waals surface area (Å²) in [4.78, 5) is 17.8. The minimum atomic E-state index is -2.96. The molecular weight excluding hydrogens is 420 g/mol. The minimum absolute atomic E-state index is 0.0364. The number of fused-ring (bicyclic) bond motifs is 1. The predicted octanol–water partition coefficient (Wildman–Crippen LogP) is 5.26. The molecule has 4 rings (SSSR count). The Bertz CT molecular complexity index is 1250. The molecule has 4 aromatic rings. The van der Waals surface area contributed by atoms with Crippen molar-refractivity contribution in [3.63, 3.8) is 0 Å². The van der Waals surface area contributed by atoms with E-state index in [4.69, 9.17) is 11.6 Å². The number of para-hydroxylation sites is 1. The van der Waals surface area contributed by atoms with Gasteiger partial charge in [-0.2, -0.15) is 18.6 Å². The highest BCUT2D eigenvalue weighted by Crippen LogP contribution is 2.31. The molecule has 0 spiro atoms. The summed E-state index contributed by atoms with van der Waals surface area (Å²) < 4.78 is 30.7. The number of aromatic nitrogens is 2. The van der Waals surface area contributed by atoms with Gasteiger partial charge in [-0.05, 0) is 29.8 Å². The molecule has 2 heterocycles. The molecule has 5 nitrogen and oxygen atoms in total. The second-order valence-electron chi connectivity index (χ2n) is 5.89. The lowest BCUT2D eigenvalue weighted by Crippen LogP contribution is -2.17. The number of benzene rings is 2. The molecule has 2 aromatic carbocycles. The number of hydrogen-bond donors (Lipinski definition) is 0. The molecule has 0 unspecified atom stereocenters. The number of alkyl halides is 2. The van der Waals surface area contributed by atoms with Crippen LogP contribution in [0.1, 0.15) is 5.56 Å². The van der Waals surface area contributed by atoms with Crippen molar-refractivity contribution in [3.8, 4) is 16.9 Å². The molecule has 0 bridgehead atoms. The molecule has 0 radical (unpaired) electrons. The van der Waals surface area contributed by atoms with Crippen LogP contribution in [0.4, 0.5) is 8.78 Å². The SMILES string of the molecule is O=c1c2c(-c3ccc(Cl)cc3)csc2ncn1N=Cc1ccccc1OC(F)F. The van der Waals surface area contributed by atoms with Crippen molar-refractivity contribution in [2.75, 3.05) is 0 Å². The normalized spacial score (nSPS) is 11.6. The summed E-state index contributed by atoms with van der Waals surface area (Å²) in [5, 5.41) is 6.97. The van der Waals surface area contributed by atoms with Crippen molar-refractivity contribution >= 4 is 39.4 Å². The quantitative estimate of drug-likeness (QED) is 0.405. The third kappa shape index (κ3) is 4.03. The number of halogens is 3. The maximum absolute atomic E-state index is 13.0. The fourth-order valence-corrected chi connectivity index (χ4v) is 3.80. The van der Waals surface area contributed by atoms with Crippen molar-refractivity contribution in [2.24, 2.45) is 5.10 Å². The first-order chi connectivity index (χ1) is 14.0. The van der Waals surface area contributed by atoms with Gasteiger partial charge in [-0.25, -0.2) is 4.98 Å². The summed E-state index contributed by atoms with van der Waals surface area (Å²) in [5.41, 5.74) is 1.50. The van der Waals surface area contributed by atoms with Gasteiger partial charge in [0.15, 0.2) is 0 Å². The zero-order valence-electron chi connectivity index (χ0n) is 14.6. The van der Waals surface area contributed by atoms with Crippen LogP contribution in [0.25, 0.3) is 21.3 Å². The van der Waals surface area contributed by atoms with E-state index in [9.17, 15) is 13.6 Å². The molecule has 0 atom stereocenters. The highest BCUT2D eigenvalue weighted by molar-refractivity contribution is 7.17. The van der Waals surface area contributed by atoms with Gasteiger partial charge in [-0.3, -0.25) is 4.79 Å².